The molecule has 5 nitrogen and oxygen atoms in total. The third-order valence-corrected chi connectivity index (χ3v) is 4.49. The van der Waals surface area contributed by atoms with Crippen molar-refractivity contribution < 1.29 is 19.1 Å². The number of rotatable bonds is 7. The van der Waals surface area contributed by atoms with Gasteiger partial charge in [-0.3, -0.25) is 14.5 Å². The summed E-state index contributed by atoms with van der Waals surface area (Å²) >= 11 is 6.38. The Labute approximate surface area is 151 Å². The predicted octanol–water partition coefficient (Wildman–Crippen LogP) is 3.24. The van der Waals surface area contributed by atoms with Gasteiger partial charge in [0.1, 0.15) is 16.6 Å². The number of carbonyl (C=O) groups is 2. The second-order valence-electron chi connectivity index (χ2n) is 4.99. The van der Waals surface area contributed by atoms with Gasteiger partial charge in [-0.1, -0.05) is 43.0 Å². The van der Waals surface area contributed by atoms with Crippen molar-refractivity contribution >= 4 is 46.3 Å². The van der Waals surface area contributed by atoms with Crippen molar-refractivity contribution in [3.8, 4) is 5.75 Å². The van der Waals surface area contributed by atoms with Gasteiger partial charge in [0.2, 0.25) is 0 Å². The fraction of sp³-hybridized carbons (Fsp3) is 0.353. The van der Waals surface area contributed by atoms with E-state index in [1.807, 2.05) is 38.1 Å². The van der Waals surface area contributed by atoms with E-state index in [9.17, 15) is 9.59 Å². The highest BCUT2D eigenvalue weighted by Crippen LogP contribution is 2.32. The molecular formula is C17H19NO4S2. The number of benzene rings is 1. The standard InChI is InChI=1S/C17H19NO4S2/c1-3-9-22-15(19)11-18-16(20)14(24-17(18)23)10-12-5-7-13(8-6-12)21-4-2/h5-8,10H,3-4,9,11H2,1-2H3/b14-10+. The molecule has 1 aromatic carbocycles. The first kappa shape index (κ1) is 18.5. The lowest BCUT2D eigenvalue weighted by atomic mass is 10.2. The van der Waals surface area contributed by atoms with Gasteiger partial charge >= 0.3 is 5.97 Å². The van der Waals surface area contributed by atoms with Crippen LogP contribution >= 0.6 is 24.0 Å². The van der Waals surface area contributed by atoms with E-state index in [1.54, 1.807) is 6.08 Å². The van der Waals surface area contributed by atoms with Crippen molar-refractivity contribution in [3.63, 3.8) is 0 Å². The molecule has 1 fully saturated rings. The van der Waals surface area contributed by atoms with Crippen molar-refractivity contribution in [1.29, 1.82) is 0 Å². The molecule has 0 N–H and O–H groups in total. The molecule has 0 bridgehead atoms. The van der Waals surface area contributed by atoms with Gasteiger partial charge in [0.05, 0.1) is 18.1 Å². The van der Waals surface area contributed by atoms with Crippen LogP contribution in [0.4, 0.5) is 0 Å². The summed E-state index contributed by atoms with van der Waals surface area (Å²) in [4.78, 5) is 25.9. The maximum absolute atomic E-state index is 12.4. The van der Waals surface area contributed by atoms with Crippen molar-refractivity contribution in [3.05, 3.63) is 34.7 Å². The molecule has 0 unspecified atom stereocenters. The Morgan fingerprint density at radius 2 is 2.00 bits per heavy atom. The SMILES string of the molecule is CCCOC(=O)CN1C(=O)/C(=C\c2ccc(OCC)cc2)SC1=S. The molecule has 1 amide bonds. The molecule has 1 aliphatic heterocycles. The zero-order chi connectivity index (χ0) is 17.5. The molecule has 24 heavy (non-hydrogen) atoms. The summed E-state index contributed by atoms with van der Waals surface area (Å²) in [6, 6.07) is 7.43. The number of thiocarbonyl (C=S) groups is 1. The second-order valence-corrected chi connectivity index (χ2v) is 6.67. The Hall–Kier alpha value is -1.86. The lowest BCUT2D eigenvalue weighted by Gasteiger charge is -2.13. The topological polar surface area (TPSA) is 55.8 Å². The van der Waals surface area contributed by atoms with Crippen molar-refractivity contribution in [2.75, 3.05) is 19.8 Å². The third-order valence-electron chi connectivity index (χ3n) is 3.12. The lowest BCUT2D eigenvalue weighted by Crippen LogP contribution is -2.34. The summed E-state index contributed by atoms with van der Waals surface area (Å²) in [7, 11) is 0. The molecule has 0 atom stereocenters. The van der Waals surface area contributed by atoms with Crippen LogP contribution in [0.1, 0.15) is 25.8 Å². The average Bonchev–Trinajstić information content (AvgIpc) is 2.82. The number of thioether (sulfide) groups is 1. The normalized spacial score (nSPS) is 15.9. The molecule has 7 heteroatoms. The van der Waals surface area contributed by atoms with Crippen LogP contribution in [0.5, 0.6) is 5.75 Å². The second kappa shape index (κ2) is 8.84. The molecule has 1 aliphatic rings. The third kappa shape index (κ3) is 4.82. The highest BCUT2D eigenvalue weighted by molar-refractivity contribution is 8.26. The van der Waals surface area contributed by atoms with Crippen LogP contribution in [0, 0.1) is 0 Å². The number of nitrogens with zero attached hydrogens (tertiary/aromatic N) is 1. The number of amides is 1. The maximum Gasteiger partial charge on any atom is 0.326 e. The summed E-state index contributed by atoms with van der Waals surface area (Å²) in [5, 5.41) is 0. The van der Waals surface area contributed by atoms with Crippen LogP contribution < -0.4 is 4.74 Å². The smallest absolute Gasteiger partial charge is 0.326 e. The van der Waals surface area contributed by atoms with E-state index in [0.717, 1.165) is 17.7 Å². The number of hydrogen-bond donors (Lipinski definition) is 0. The number of esters is 1. The number of hydrogen-bond acceptors (Lipinski definition) is 6. The van der Waals surface area contributed by atoms with Crippen LogP contribution in [0.25, 0.3) is 6.08 Å². The van der Waals surface area contributed by atoms with Gasteiger partial charge < -0.3 is 9.47 Å². The van der Waals surface area contributed by atoms with E-state index in [1.165, 1.54) is 16.7 Å². The quantitative estimate of drug-likeness (QED) is 0.420. The molecule has 1 aromatic rings. The summed E-state index contributed by atoms with van der Waals surface area (Å²) in [5.41, 5.74) is 0.868. The van der Waals surface area contributed by atoms with Crippen LogP contribution in [-0.2, 0) is 14.3 Å². The Balaban J connectivity index is 2.05. The first-order chi connectivity index (χ1) is 11.5. The summed E-state index contributed by atoms with van der Waals surface area (Å²) in [5.74, 6) is 0.0590. The monoisotopic (exact) mass is 365 g/mol. The van der Waals surface area contributed by atoms with Gasteiger partial charge in [-0.15, -0.1) is 0 Å². The van der Waals surface area contributed by atoms with Gasteiger partial charge in [-0.2, -0.15) is 0 Å². The molecule has 0 saturated carbocycles. The number of carbonyl (C=O) groups excluding carboxylic acids is 2. The molecule has 128 valence electrons. The lowest BCUT2D eigenvalue weighted by molar-refractivity contribution is -0.146. The Bertz CT molecular complexity index is 655. The molecule has 0 radical (unpaired) electrons. The van der Waals surface area contributed by atoms with E-state index in [4.69, 9.17) is 21.7 Å². The van der Waals surface area contributed by atoms with Crippen LogP contribution in [0.15, 0.2) is 29.2 Å². The summed E-state index contributed by atoms with van der Waals surface area (Å²) < 4.78 is 10.8. The molecule has 1 saturated heterocycles. The molecule has 2 rings (SSSR count). The average molecular weight is 365 g/mol. The zero-order valence-electron chi connectivity index (χ0n) is 13.6. The van der Waals surface area contributed by atoms with E-state index in [-0.39, 0.29) is 12.5 Å². The first-order valence-electron chi connectivity index (χ1n) is 7.69. The van der Waals surface area contributed by atoms with E-state index in [2.05, 4.69) is 0 Å². The molecule has 0 aromatic heterocycles. The van der Waals surface area contributed by atoms with Crippen molar-refractivity contribution in [1.82, 2.24) is 4.90 Å². The van der Waals surface area contributed by atoms with Crippen LogP contribution in [0.2, 0.25) is 0 Å². The predicted molar refractivity (Wildman–Crippen MR) is 98.7 cm³/mol. The van der Waals surface area contributed by atoms with E-state index < -0.39 is 5.97 Å². The Morgan fingerprint density at radius 3 is 2.62 bits per heavy atom. The van der Waals surface area contributed by atoms with Gasteiger partial charge in [-0.05, 0) is 37.1 Å². The molecule has 0 spiro atoms. The minimum absolute atomic E-state index is 0.148. The van der Waals surface area contributed by atoms with Gasteiger partial charge in [0.15, 0.2) is 0 Å². The van der Waals surface area contributed by atoms with Crippen molar-refractivity contribution in [2.45, 2.75) is 20.3 Å². The van der Waals surface area contributed by atoms with Gasteiger partial charge in [0, 0.05) is 0 Å². The van der Waals surface area contributed by atoms with Crippen molar-refractivity contribution in [2.24, 2.45) is 0 Å². The molecule has 0 aliphatic carbocycles. The summed E-state index contributed by atoms with van der Waals surface area (Å²) in [6.45, 7) is 4.63. The highest BCUT2D eigenvalue weighted by atomic mass is 32.2. The van der Waals surface area contributed by atoms with Gasteiger partial charge in [0.25, 0.3) is 5.91 Å². The largest absolute Gasteiger partial charge is 0.494 e. The molecule has 1 heterocycles. The molecular weight excluding hydrogens is 346 g/mol. The zero-order valence-corrected chi connectivity index (χ0v) is 15.2. The highest BCUT2D eigenvalue weighted by Gasteiger charge is 2.33. The minimum Gasteiger partial charge on any atom is -0.494 e. The Kier molecular flexibility index (Phi) is 6.81. The maximum atomic E-state index is 12.4. The number of ether oxygens (including phenoxy) is 2. The minimum atomic E-state index is -0.449. The van der Waals surface area contributed by atoms with Crippen LogP contribution in [-0.4, -0.2) is 40.9 Å². The van der Waals surface area contributed by atoms with Gasteiger partial charge in [-0.25, -0.2) is 0 Å². The van der Waals surface area contributed by atoms with E-state index in [0.29, 0.717) is 22.4 Å². The fourth-order valence-corrected chi connectivity index (χ4v) is 3.26. The summed E-state index contributed by atoms with van der Waals surface area (Å²) in [6.07, 6.45) is 2.49. The van der Waals surface area contributed by atoms with Crippen LogP contribution in [0.3, 0.4) is 0 Å². The first-order valence-corrected chi connectivity index (χ1v) is 8.91. The Morgan fingerprint density at radius 1 is 1.29 bits per heavy atom. The van der Waals surface area contributed by atoms with E-state index >= 15 is 0 Å². The fourth-order valence-electron chi connectivity index (χ4n) is 2.01.